The van der Waals surface area contributed by atoms with E-state index in [4.69, 9.17) is 4.74 Å². The molecule has 6 nitrogen and oxygen atoms in total. The van der Waals surface area contributed by atoms with Gasteiger partial charge < -0.3 is 15.4 Å². The van der Waals surface area contributed by atoms with Crippen LogP contribution in [-0.4, -0.2) is 21.9 Å². The molecule has 1 aromatic heterocycles. The maximum atomic E-state index is 12.6. The lowest BCUT2D eigenvalue weighted by molar-refractivity contribution is 0.0932. The number of hydrogen-bond donors (Lipinski definition) is 2. The van der Waals surface area contributed by atoms with E-state index in [1.807, 2.05) is 61.5 Å². The molecule has 1 aliphatic rings. The van der Waals surface area contributed by atoms with E-state index in [2.05, 4.69) is 20.6 Å². The molecular formula is C23H24N4O2. The topological polar surface area (TPSA) is 76.1 Å². The summed E-state index contributed by atoms with van der Waals surface area (Å²) in [7, 11) is 0. The van der Waals surface area contributed by atoms with Crippen molar-refractivity contribution in [3.8, 4) is 11.5 Å². The summed E-state index contributed by atoms with van der Waals surface area (Å²) < 4.78 is 5.98. The number of hydrogen-bond acceptors (Lipinski definition) is 5. The number of aromatic nitrogens is 2. The number of anilines is 2. The minimum Gasteiger partial charge on any atom is -0.455 e. The average molecular weight is 388 g/mol. The van der Waals surface area contributed by atoms with E-state index in [0.717, 1.165) is 30.0 Å². The lowest BCUT2D eigenvalue weighted by Crippen LogP contribution is -2.33. The smallest absolute Gasteiger partial charge is 0.270 e. The van der Waals surface area contributed by atoms with Crippen molar-refractivity contribution in [2.45, 2.75) is 38.6 Å². The maximum absolute atomic E-state index is 12.6. The van der Waals surface area contributed by atoms with Crippen LogP contribution in [0.1, 0.15) is 41.9 Å². The van der Waals surface area contributed by atoms with Gasteiger partial charge in [0.25, 0.3) is 5.91 Å². The molecule has 1 amide bonds. The molecule has 0 radical (unpaired) electrons. The Kier molecular flexibility index (Phi) is 5.70. The number of carbonyl (C=O) groups excluding carboxylic acids is 1. The summed E-state index contributed by atoms with van der Waals surface area (Å²) in [6.45, 7) is 1.85. The highest BCUT2D eigenvalue weighted by molar-refractivity contribution is 5.93. The van der Waals surface area contributed by atoms with Crippen molar-refractivity contribution in [3.05, 3.63) is 72.1 Å². The Morgan fingerprint density at radius 2 is 1.72 bits per heavy atom. The highest BCUT2D eigenvalue weighted by Gasteiger charge is 2.19. The predicted octanol–water partition coefficient (Wildman–Crippen LogP) is 4.99. The van der Waals surface area contributed by atoms with Crippen LogP contribution in [0.2, 0.25) is 0 Å². The third kappa shape index (κ3) is 4.90. The van der Waals surface area contributed by atoms with Gasteiger partial charge in [-0.25, -0.2) is 9.97 Å². The SMILES string of the molecule is Cc1cc(C(=O)NC2CCCC2)nc(Nc2ccccc2Oc2ccccc2)n1. The zero-order valence-electron chi connectivity index (χ0n) is 16.4. The van der Waals surface area contributed by atoms with Crippen molar-refractivity contribution in [1.82, 2.24) is 15.3 Å². The molecule has 1 fully saturated rings. The van der Waals surface area contributed by atoms with Crippen molar-refractivity contribution < 1.29 is 9.53 Å². The van der Waals surface area contributed by atoms with E-state index in [1.54, 1.807) is 6.07 Å². The van der Waals surface area contributed by atoms with Crippen molar-refractivity contribution in [2.24, 2.45) is 0 Å². The monoisotopic (exact) mass is 388 g/mol. The molecule has 0 spiro atoms. The zero-order chi connectivity index (χ0) is 20.1. The van der Waals surface area contributed by atoms with E-state index in [1.165, 1.54) is 12.8 Å². The Hall–Kier alpha value is -3.41. The van der Waals surface area contributed by atoms with E-state index in [-0.39, 0.29) is 11.9 Å². The largest absolute Gasteiger partial charge is 0.455 e. The first-order valence-corrected chi connectivity index (χ1v) is 9.93. The number of ether oxygens (including phenoxy) is 1. The number of para-hydroxylation sites is 3. The van der Waals surface area contributed by atoms with Crippen LogP contribution in [0, 0.1) is 6.92 Å². The molecule has 1 saturated carbocycles. The van der Waals surface area contributed by atoms with Gasteiger partial charge in [0.2, 0.25) is 5.95 Å². The van der Waals surface area contributed by atoms with Gasteiger partial charge in [-0.1, -0.05) is 43.2 Å². The van der Waals surface area contributed by atoms with Crippen molar-refractivity contribution in [2.75, 3.05) is 5.32 Å². The highest BCUT2D eigenvalue weighted by atomic mass is 16.5. The molecule has 0 bridgehead atoms. The number of nitrogens with one attached hydrogen (secondary N) is 2. The second-order valence-electron chi connectivity index (χ2n) is 7.21. The first-order chi connectivity index (χ1) is 14.2. The zero-order valence-corrected chi connectivity index (χ0v) is 16.4. The molecule has 2 aromatic carbocycles. The first kappa shape index (κ1) is 18.9. The van der Waals surface area contributed by atoms with Crippen LogP contribution in [0.5, 0.6) is 11.5 Å². The lowest BCUT2D eigenvalue weighted by Gasteiger charge is -2.14. The Bertz CT molecular complexity index is 985. The number of aryl methyl sites for hydroxylation is 1. The van der Waals surface area contributed by atoms with Gasteiger partial charge in [0.1, 0.15) is 11.4 Å². The first-order valence-electron chi connectivity index (χ1n) is 9.93. The second-order valence-corrected chi connectivity index (χ2v) is 7.21. The minimum atomic E-state index is -0.153. The van der Waals surface area contributed by atoms with Crippen LogP contribution in [0.25, 0.3) is 0 Å². The molecule has 4 rings (SSSR count). The Morgan fingerprint density at radius 3 is 2.52 bits per heavy atom. The van der Waals surface area contributed by atoms with Crippen LogP contribution >= 0.6 is 0 Å². The van der Waals surface area contributed by atoms with E-state index in [0.29, 0.717) is 17.4 Å². The molecule has 6 heteroatoms. The van der Waals surface area contributed by atoms with Gasteiger partial charge in [-0.05, 0) is 50.1 Å². The molecule has 148 valence electrons. The quantitative estimate of drug-likeness (QED) is 0.622. The third-order valence-corrected chi connectivity index (χ3v) is 4.88. The fraction of sp³-hybridized carbons (Fsp3) is 0.261. The number of benzene rings is 2. The number of rotatable bonds is 6. The third-order valence-electron chi connectivity index (χ3n) is 4.88. The molecule has 2 N–H and O–H groups in total. The summed E-state index contributed by atoms with van der Waals surface area (Å²) in [5, 5.41) is 6.27. The van der Waals surface area contributed by atoms with Gasteiger partial charge in [0.15, 0.2) is 5.75 Å². The summed E-state index contributed by atoms with van der Waals surface area (Å²) in [6.07, 6.45) is 4.40. The fourth-order valence-electron chi connectivity index (χ4n) is 3.47. The van der Waals surface area contributed by atoms with Gasteiger partial charge in [-0.3, -0.25) is 4.79 Å². The van der Waals surface area contributed by atoms with Crippen LogP contribution in [0.4, 0.5) is 11.6 Å². The minimum absolute atomic E-state index is 0.153. The van der Waals surface area contributed by atoms with Crippen LogP contribution < -0.4 is 15.4 Å². The van der Waals surface area contributed by atoms with Gasteiger partial charge in [0.05, 0.1) is 5.69 Å². The van der Waals surface area contributed by atoms with Crippen molar-refractivity contribution in [3.63, 3.8) is 0 Å². The molecule has 0 aliphatic heterocycles. The van der Waals surface area contributed by atoms with Crippen LogP contribution in [-0.2, 0) is 0 Å². The van der Waals surface area contributed by atoms with Crippen LogP contribution in [0.3, 0.4) is 0 Å². The summed E-state index contributed by atoms with van der Waals surface area (Å²) in [4.78, 5) is 21.5. The molecule has 0 unspecified atom stereocenters. The predicted molar refractivity (Wildman–Crippen MR) is 113 cm³/mol. The Labute approximate surface area is 170 Å². The highest BCUT2D eigenvalue weighted by Crippen LogP contribution is 2.30. The standard InChI is InChI=1S/C23H24N4O2/c1-16-15-20(22(28)25-17-9-5-6-10-17)27-23(24-16)26-19-13-7-8-14-21(19)29-18-11-3-2-4-12-18/h2-4,7-8,11-15,17H,5-6,9-10H2,1H3,(H,25,28)(H,24,26,27). The molecule has 29 heavy (non-hydrogen) atoms. The summed E-state index contributed by atoms with van der Waals surface area (Å²) in [5.74, 6) is 1.61. The normalized spacial score (nSPS) is 13.8. The van der Waals surface area contributed by atoms with Gasteiger partial charge in [-0.15, -0.1) is 0 Å². The van der Waals surface area contributed by atoms with Crippen molar-refractivity contribution in [1.29, 1.82) is 0 Å². The molecule has 3 aromatic rings. The van der Waals surface area contributed by atoms with Crippen molar-refractivity contribution >= 4 is 17.5 Å². The van der Waals surface area contributed by atoms with Crippen LogP contribution in [0.15, 0.2) is 60.7 Å². The number of nitrogens with zero attached hydrogens (tertiary/aromatic N) is 2. The molecule has 1 heterocycles. The number of carbonyl (C=O) groups is 1. The van der Waals surface area contributed by atoms with E-state index < -0.39 is 0 Å². The second kappa shape index (κ2) is 8.73. The molecule has 0 atom stereocenters. The molecule has 0 saturated heterocycles. The Balaban J connectivity index is 1.54. The summed E-state index contributed by atoms with van der Waals surface area (Å²) in [5.41, 5.74) is 1.82. The maximum Gasteiger partial charge on any atom is 0.270 e. The summed E-state index contributed by atoms with van der Waals surface area (Å²) in [6, 6.07) is 19.1. The van der Waals surface area contributed by atoms with Gasteiger partial charge >= 0.3 is 0 Å². The Morgan fingerprint density at radius 1 is 1.00 bits per heavy atom. The van der Waals surface area contributed by atoms with Gasteiger partial charge in [-0.2, -0.15) is 0 Å². The lowest BCUT2D eigenvalue weighted by atomic mass is 10.2. The summed E-state index contributed by atoms with van der Waals surface area (Å²) >= 11 is 0. The molecular weight excluding hydrogens is 364 g/mol. The number of amides is 1. The molecule has 1 aliphatic carbocycles. The fourth-order valence-corrected chi connectivity index (χ4v) is 3.47. The van der Waals surface area contributed by atoms with Gasteiger partial charge in [0, 0.05) is 11.7 Å². The van der Waals surface area contributed by atoms with E-state index >= 15 is 0 Å². The average Bonchev–Trinajstić information content (AvgIpc) is 3.23. The van der Waals surface area contributed by atoms with E-state index in [9.17, 15) is 4.79 Å².